The number of halogens is 1. The standard InChI is InChI=1S/C16H30OS.HI/c1-3-4-5-6-7-8-9-10-14-18-15(2)16-12-11-13-17-16;/h16H,2-14H2,1H3;1H. The Morgan fingerprint density at radius 1 is 1.11 bits per heavy atom. The van der Waals surface area contributed by atoms with Crippen LogP contribution in [-0.4, -0.2) is 18.5 Å². The van der Waals surface area contributed by atoms with Gasteiger partial charge in [0.2, 0.25) is 0 Å². The summed E-state index contributed by atoms with van der Waals surface area (Å²) in [5, 5.41) is 0. The molecule has 3 heteroatoms. The van der Waals surface area contributed by atoms with E-state index in [1.54, 1.807) is 0 Å². The monoisotopic (exact) mass is 398 g/mol. The number of rotatable bonds is 11. The van der Waals surface area contributed by atoms with E-state index in [4.69, 9.17) is 4.74 Å². The van der Waals surface area contributed by atoms with Crippen molar-refractivity contribution in [2.75, 3.05) is 12.4 Å². The van der Waals surface area contributed by atoms with E-state index in [1.165, 1.54) is 86.6 Å². The molecule has 1 nitrogen and oxygen atoms in total. The molecule has 1 atom stereocenters. The highest BCUT2D eigenvalue weighted by Crippen LogP contribution is 2.20. The minimum Gasteiger partial charge on any atom is -1.00 e. The Hall–Kier alpha value is 0.780. The largest absolute Gasteiger partial charge is 1.00 e. The molecule has 0 aliphatic carbocycles. The van der Waals surface area contributed by atoms with Crippen LogP contribution in [0.15, 0.2) is 11.5 Å². The van der Waals surface area contributed by atoms with Gasteiger partial charge in [-0.3, -0.25) is 0 Å². The predicted molar refractivity (Wildman–Crippen MR) is 84.4 cm³/mol. The quantitative estimate of drug-likeness (QED) is 0.223. The number of ether oxygens (including phenoxy) is 1. The maximum atomic E-state index is 5.64. The van der Waals surface area contributed by atoms with Crippen molar-refractivity contribution in [2.45, 2.75) is 77.2 Å². The maximum absolute atomic E-state index is 5.64. The first-order valence-electron chi connectivity index (χ1n) is 7.82. The average Bonchev–Trinajstić information content (AvgIpc) is 2.90. The van der Waals surface area contributed by atoms with Gasteiger partial charge >= 0.3 is 0 Å². The molecule has 1 aliphatic rings. The van der Waals surface area contributed by atoms with E-state index < -0.39 is 0 Å². The van der Waals surface area contributed by atoms with E-state index in [0.29, 0.717) is 6.10 Å². The average molecular weight is 398 g/mol. The van der Waals surface area contributed by atoms with Gasteiger partial charge in [0.15, 0.2) is 4.91 Å². The molecule has 0 aromatic heterocycles. The van der Waals surface area contributed by atoms with Gasteiger partial charge in [0.1, 0.15) is 11.9 Å². The highest BCUT2D eigenvalue weighted by Gasteiger charge is 2.23. The number of hydrogen-bond donors (Lipinski definition) is 0. The third kappa shape index (κ3) is 10.2. The molecular formula is C16H31IOS. The molecule has 0 amide bonds. The van der Waals surface area contributed by atoms with Crippen LogP contribution in [0.2, 0.25) is 0 Å². The van der Waals surface area contributed by atoms with Crippen molar-refractivity contribution < 1.29 is 28.7 Å². The number of thiol groups is 1. The summed E-state index contributed by atoms with van der Waals surface area (Å²) in [6, 6.07) is 0. The molecule has 19 heavy (non-hydrogen) atoms. The van der Waals surface area contributed by atoms with Crippen LogP contribution in [-0.2, 0) is 16.5 Å². The minimum absolute atomic E-state index is 0. The molecule has 114 valence electrons. The molecule has 0 aromatic rings. The normalized spacial score (nSPS) is 18.3. The first-order valence-corrected chi connectivity index (χ1v) is 8.90. The van der Waals surface area contributed by atoms with Crippen LogP contribution >= 0.6 is 0 Å². The molecule has 1 rings (SSSR count). The Labute approximate surface area is 141 Å². The third-order valence-corrected chi connectivity index (χ3v) is 4.86. The Morgan fingerprint density at radius 2 is 1.74 bits per heavy atom. The van der Waals surface area contributed by atoms with E-state index in [9.17, 15) is 0 Å². The van der Waals surface area contributed by atoms with Crippen molar-refractivity contribution in [2.24, 2.45) is 0 Å². The smallest absolute Gasteiger partial charge is 0.151 e. The van der Waals surface area contributed by atoms with Gasteiger partial charge < -0.3 is 28.7 Å². The predicted octanol–water partition coefficient (Wildman–Crippen LogP) is 1.64. The zero-order valence-corrected chi connectivity index (χ0v) is 15.6. The lowest BCUT2D eigenvalue weighted by Crippen LogP contribution is -3.00. The first-order chi connectivity index (χ1) is 8.84. The molecule has 0 aromatic carbocycles. The van der Waals surface area contributed by atoms with E-state index >= 15 is 0 Å². The van der Waals surface area contributed by atoms with Crippen LogP contribution in [0.5, 0.6) is 0 Å². The lowest BCUT2D eigenvalue weighted by molar-refractivity contribution is -0.00000481. The fourth-order valence-corrected chi connectivity index (χ4v) is 3.49. The molecule has 0 spiro atoms. The minimum atomic E-state index is 0. The van der Waals surface area contributed by atoms with Crippen LogP contribution < -0.4 is 24.0 Å². The zero-order chi connectivity index (χ0) is 13.1. The van der Waals surface area contributed by atoms with Gasteiger partial charge in [-0.1, -0.05) is 45.4 Å². The van der Waals surface area contributed by atoms with E-state index in [2.05, 4.69) is 13.5 Å². The maximum Gasteiger partial charge on any atom is 0.151 e. The van der Waals surface area contributed by atoms with Gasteiger partial charge in [0.25, 0.3) is 0 Å². The van der Waals surface area contributed by atoms with Crippen molar-refractivity contribution in [1.82, 2.24) is 0 Å². The van der Waals surface area contributed by atoms with Crippen LogP contribution in [0.25, 0.3) is 0 Å². The molecular weight excluding hydrogens is 367 g/mol. The lowest BCUT2D eigenvalue weighted by atomic mass is 10.1. The van der Waals surface area contributed by atoms with Crippen molar-refractivity contribution in [3.63, 3.8) is 0 Å². The molecule has 0 N–H and O–H groups in total. The number of unbranched alkanes of at least 4 members (excludes halogenated alkanes) is 7. The Bertz CT molecular complexity index is 215. The number of hydrogen-bond acceptors (Lipinski definition) is 1. The summed E-state index contributed by atoms with van der Waals surface area (Å²) in [5.41, 5.74) is 0. The van der Waals surface area contributed by atoms with Crippen LogP contribution in [0.1, 0.15) is 71.1 Å². The summed E-state index contributed by atoms with van der Waals surface area (Å²) in [6.07, 6.45) is 14.1. The van der Waals surface area contributed by atoms with Crippen molar-refractivity contribution in [1.29, 1.82) is 0 Å². The van der Waals surface area contributed by atoms with E-state index in [0.717, 1.165) is 6.61 Å². The summed E-state index contributed by atoms with van der Waals surface area (Å²) in [5.74, 6) is 1.29. The summed E-state index contributed by atoms with van der Waals surface area (Å²) in [7, 11) is 0. The van der Waals surface area contributed by atoms with Gasteiger partial charge in [0.05, 0.1) is 0 Å². The van der Waals surface area contributed by atoms with E-state index in [1.807, 2.05) is 0 Å². The van der Waals surface area contributed by atoms with Crippen LogP contribution in [0.3, 0.4) is 0 Å². The Morgan fingerprint density at radius 3 is 2.32 bits per heavy atom. The first kappa shape index (κ1) is 19.8. The topological polar surface area (TPSA) is 9.23 Å². The van der Waals surface area contributed by atoms with Crippen molar-refractivity contribution in [3.05, 3.63) is 11.5 Å². The van der Waals surface area contributed by atoms with E-state index in [-0.39, 0.29) is 24.0 Å². The molecule has 1 saturated heterocycles. The Balaban J connectivity index is 0.00000324. The highest BCUT2D eigenvalue weighted by molar-refractivity contribution is 7.82. The zero-order valence-electron chi connectivity index (χ0n) is 12.5. The fraction of sp³-hybridized carbons (Fsp3) is 0.875. The summed E-state index contributed by atoms with van der Waals surface area (Å²) >= 11 is 1.43. The molecule has 0 saturated carbocycles. The van der Waals surface area contributed by atoms with Crippen LogP contribution in [0, 0.1) is 0 Å². The molecule has 0 bridgehead atoms. The van der Waals surface area contributed by atoms with Crippen molar-refractivity contribution in [3.8, 4) is 0 Å². The van der Waals surface area contributed by atoms with Gasteiger partial charge in [-0.05, 0) is 32.3 Å². The SMILES string of the molecule is C=C([SH+]CCCCCCCCCC)C1CCCO1.[I-]. The second-order valence-corrected chi connectivity index (χ2v) is 6.69. The van der Waals surface area contributed by atoms with Gasteiger partial charge in [-0.15, -0.1) is 0 Å². The highest BCUT2D eigenvalue weighted by atomic mass is 127. The molecule has 1 aliphatic heterocycles. The van der Waals surface area contributed by atoms with Gasteiger partial charge in [0, 0.05) is 18.4 Å². The fourth-order valence-electron chi connectivity index (χ4n) is 2.41. The van der Waals surface area contributed by atoms with Gasteiger partial charge in [-0.2, -0.15) is 0 Å². The summed E-state index contributed by atoms with van der Waals surface area (Å²) < 4.78 is 5.64. The molecule has 0 radical (unpaired) electrons. The molecule has 1 unspecified atom stereocenters. The van der Waals surface area contributed by atoms with Crippen LogP contribution in [0.4, 0.5) is 0 Å². The molecule has 1 fully saturated rings. The summed E-state index contributed by atoms with van der Waals surface area (Å²) in [6.45, 7) is 7.39. The lowest BCUT2D eigenvalue weighted by Gasteiger charge is -2.05. The second kappa shape index (κ2) is 13.7. The third-order valence-electron chi connectivity index (χ3n) is 3.63. The second-order valence-electron chi connectivity index (χ2n) is 5.35. The van der Waals surface area contributed by atoms with Crippen molar-refractivity contribution >= 4 is 11.8 Å². The van der Waals surface area contributed by atoms with Gasteiger partial charge in [-0.25, -0.2) is 0 Å². The summed E-state index contributed by atoms with van der Waals surface area (Å²) in [4.78, 5) is 1.32. The molecule has 1 heterocycles. The Kier molecular flexibility index (Phi) is 14.3.